The lowest BCUT2D eigenvalue weighted by atomic mass is 9.95. The zero-order chi connectivity index (χ0) is 17.9. The topological polar surface area (TPSA) is 49.4 Å². The third-order valence-electron chi connectivity index (χ3n) is 4.87. The molecule has 1 aliphatic rings. The van der Waals surface area contributed by atoms with E-state index in [2.05, 4.69) is 27.1 Å². The number of aryl methyl sites for hydroxylation is 2. The summed E-state index contributed by atoms with van der Waals surface area (Å²) in [6.45, 7) is 7.11. The number of rotatable bonds is 6. The molecule has 0 saturated carbocycles. The molecule has 1 fully saturated rings. The minimum Gasteiger partial charge on any atom is -0.302 e. The summed E-state index contributed by atoms with van der Waals surface area (Å²) in [6.07, 6.45) is 2.31. The van der Waals surface area contributed by atoms with Gasteiger partial charge in [-0.05, 0) is 68.8 Å². The Morgan fingerprint density at radius 1 is 1.20 bits per heavy atom. The van der Waals surface area contributed by atoms with Gasteiger partial charge in [0.25, 0.3) is 0 Å². The maximum absolute atomic E-state index is 12.5. The van der Waals surface area contributed by atoms with Gasteiger partial charge in [-0.3, -0.25) is 0 Å². The molecule has 1 N–H and O–H groups in total. The summed E-state index contributed by atoms with van der Waals surface area (Å²) < 4.78 is 27.7. The molecule has 0 unspecified atom stereocenters. The van der Waals surface area contributed by atoms with E-state index in [0.29, 0.717) is 17.4 Å². The van der Waals surface area contributed by atoms with Crippen molar-refractivity contribution in [3.8, 4) is 0 Å². The van der Waals surface area contributed by atoms with E-state index in [1.54, 1.807) is 6.07 Å². The van der Waals surface area contributed by atoms with Gasteiger partial charge in [-0.2, -0.15) is 0 Å². The number of hydrogen-bond donors (Lipinski definition) is 1. The highest BCUT2D eigenvalue weighted by atomic mass is 32.2. The molecular weight excluding hydrogens is 352 g/mol. The summed E-state index contributed by atoms with van der Waals surface area (Å²) in [7, 11) is -3.43. The highest BCUT2D eigenvalue weighted by molar-refractivity contribution is 7.89. The third-order valence-corrected chi connectivity index (χ3v) is 7.53. The fraction of sp³-hybridized carbons (Fsp3) is 0.474. The normalized spacial score (nSPS) is 17.0. The molecule has 0 aliphatic carbocycles. The molecule has 0 spiro atoms. The van der Waals surface area contributed by atoms with Gasteiger partial charge in [-0.1, -0.05) is 23.8 Å². The lowest BCUT2D eigenvalue weighted by Gasteiger charge is -2.31. The number of nitrogens with zero attached hydrogens (tertiary/aromatic N) is 1. The first-order valence-corrected chi connectivity index (χ1v) is 11.1. The van der Waals surface area contributed by atoms with E-state index in [1.807, 2.05) is 37.3 Å². The summed E-state index contributed by atoms with van der Waals surface area (Å²) in [5.74, 6) is 0.670. The number of likely N-dealkylation sites (tertiary alicyclic amines) is 1. The van der Waals surface area contributed by atoms with E-state index in [0.717, 1.165) is 43.6 Å². The predicted molar refractivity (Wildman–Crippen MR) is 104 cm³/mol. The third kappa shape index (κ3) is 4.70. The number of piperidine rings is 1. The van der Waals surface area contributed by atoms with E-state index >= 15 is 0 Å². The van der Waals surface area contributed by atoms with Gasteiger partial charge in [0, 0.05) is 18.0 Å². The summed E-state index contributed by atoms with van der Waals surface area (Å²) in [5.41, 5.74) is 1.87. The van der Waals surface area contributed by atoms with Gasteiger partial charge in [0.2, 0.25) is 10.0 Å². The number of thiophene rings is 1. The highest BCUT2D eigenvalue weighted by Crippen LogP contribution is 2.30. The van der Waals surface area contributed by atoms with Crippen LogP contribution in [0.1, 0.15) is 34.8 Å². The van der Waals surface area contributed by atoms with Crippen molar-refractivity contribution in [3.63, 3.8) is 0 Å². The van der Waals surface area contributed by atoms with Crippen LogP contribution in [0, 0.1) is 13.8 Å². The van der Waals surface area contributed by atoms with E-state index in [-0.39, 0.29) is 0 Å². The Kier molecular flexibility index (Phi) is 5.94. The van der Waals surface area contributed by atoms with Gasteiger partial charge < -0.3 is 4.90 Å². The van der Waals surface area contributed by atoms with Crippen molar-refractivity contribution in [1.82, 2.24) is 9.62 Å². The SMILES string of the molecule is Cc1ccc(S(=O)(=O)NCCN2CCC(c3cccs3)CC2)c(C)c1. The Hall–Kier alpha value is -1.21. The molecule has 3 rings (SSSR count). The standard InChI is InChI=1S/C19H26N2O2S2/c1-15-5-6-19(16(2)14-15)25(22,23)20-9-12-21-10-7-17(8-11-21)18-4-3-13-24-18/h3-6,13-14,17,20H,7-12H2,1-2H3. The highest BCUT2D eigenvalue weighted by Gasteiger charge is 2.22. The Bertz CT molecular complexity index is 793. The number of benzene rings is 1. The summed E-state index contributed by atoms with van der Waals surface area (Å²) in [5, 5.41) is 2.14. The molecule has 0 atom stereocenters. The van der Waals surface area contributed by atoms with Crippen LogP contribution in [0.3, 0.4) is 0 Å². The summed E-state index contributed by atoms with van der Waals surface area (Å²) >= 11 is 1.84. The van der Waals surface area contributed by atoms with Crippen molar-refractivity contribution in [2.45, 2.75) is 37.5 Å². The molecule has 25 heavy (non-hydrogen) atoms. The van der Waals surface area contributed by atoms with E-state index in [4.69, 9.17) is 0 Å². The zero-order valence-corrected chi connectivity index (χ0v) is 16.5. The van der Waals surface area contributed by atoms with E-state index in [1.165, 1.54) is 4.88 Å². The van der Waals surface area contributed by atoms with Crippen molar-refractivity contribution >= 4 is 21.4 Å². The smallest absolute Gasteiger partial charge is 0.240 e. The fourth-order valence-corrected chi connectivity index (χ4v) is 5.63. The van der Waals surface area contributed by atoms with Crippen molar-refractivity contribution in [1.29, 1.82) is 0 Å². The van der Waals surface area contributed by atoms with Crippen LogP contribution in [-0.4, -0.2) is 39.5 Å². The molecule has 0 amide bonds. The maximum atomic E-state index is 12.5. The quantitative estimate of drug-likeness (QED) is 0.837. The Balaban J connectivity index is 1.48. The molecule has 6 heteroatoms. The molecule has 0 bridgehead atoms. The number of sulfonamides is 1. The van der Waals surface area contributed by atoms with Crippen LogP contribution in [0.5, 0.6) is 0 Å². The minimum atomic E-state index is -3.43. The Morgan fingerprint density at radius 2 is 1.96 bits per heavy atom. The largest absolute Gasteiger partial charge is 0.302 e. The molecule has 4 nitrogen and oxygen atoms in total. The van der Waals surface area contributed by atoms with Crippen LogP contribution < -0.4 is 4.72 Å². The molecule has 1 aromatic carbocycles. The van der Waals surface area contributed by atoms with Gasteiger partial charge in [-0.25, -0.2) is 13.1 Å². The maximum Gasteiger partial charge on any atom is 0.240 e. The zero-order valence-electron chi connectivity index (χ0n) is 14.9. The molecule has 1 aliphatic heterocycles. The van der Waals surface area contributed by atoms with Crippen molar-refractivity contribution in [2.24, 2.45) is 0 Å². The Morgan fingerprint density at radius 3 is 2.60 bits per heavy atom. The van der Waals surface area contributed by atoms with Crippen molar-refractivity contribution in [3.05, 3.63) is 51.7 Å². The molecule has 136 valence electrons. The molecule has 2 heterocycles. The average Bonchev–Trinajstić information content (AvgIpc) is 3.09. The minimum absolute atomic E-state index is 0.384. The fourth-order valence-electron chi connectivity index (χ4n) is 3.48. The molecule has 1 saturated heterocycles. The number of nitrogens with one attached hydrogen (secondary N) is 1. The van der Waals surface area contributed by atoms with Gasteiger partial charge in [0.15, 0.2) is 0 Å². The first kappa shape index (κ1) is 18.6. The van der Waals surface area contributed by atoms with Crippen molar-refractivity contribution < 1.29 is 8.42 Å². The first-order chi connectivity index (χ1) is 12.0. The molecule has 0 radical (unpaired) electrons. The first-order valence-electron chi connectivity index (χ1n) is 8.78. The van der Waals surface area contributed by atoms with Crippen LogP contribution >= 0.6 is 11.3 Å². The summed E-state index contributed by atoms with van der Waals surface area (Å²) in [4.78, 5) is 4.22. The van der Waals surface area contributed by atoms with Crippen LogP contribution in [0.4, 0.5) is 0 Å². The lowest BCUT2D eigenvalue weighted by Crippen LogP contribution is -2.39. The Labute approximate surface area is 154 Å². The lowest BCUT2D eigenvalue weighted by molar-refractivity contribution is 0.217. The average molecular weight is 379 g/mol. The van der Waals surface area contributed by atoms with Crippen LogP contribution in [0.2, 0.25) is 0 Å². The second kappa shape index (κ2) is 7.99. The second-order valence-electron chi connectivity index (χ2n) is 6.80. The number of hydrogen-bond acceptors (Lipinski definition) is 4. The molecule has 2 aromatic rings. The van der Waals surface area contributed by atoms with Crippen LogP contribution in [0.25, 0.3) is 0 Å². The van der Waals surface area contributed by atoms with E-state index in [9.17, 15) is 8.42 Å². The van der Waals surface area contributed by atoms with E-state index < -0.39 is 10.0 Å². The van der Waals surface area contributed by atoms with Gasteiger partial charge >= 0.3 is 0 Å². The monoisotopic (exact) mass is 378 g/mol. The van der Waals surface area contributed by atoms with Gasteiger partial charge in [0.05, 0.1) is 4.90 Å². The van der Waals surface area contributed by atoms with Gasteiger partial charge in [0.1, 0.15) is 0 Å². The predicted octanol–water partition coefficient (Wildman–Crippen LogP) is 3.52. The van der Waals surface area contributed by atoms with Crippen molar-refractivity contribution in [2.75, 3.05) is 26.2 Å². The molecule has 1 aromatic heterocycles. The van der Waals surface area contributed by atoms with Crippen LogP contribution in [-0.2, 0) is 10.0 Å². The summed E-state index contributed by atoms with van der Waals surface area (Å²) in [6, 6.07) is 9.79. The molecular formula is C19H26N2O2S2. The second-order valence-corrected chi connectivity index (χ2v) is 9.51. The van der Waals surface area contributed by atoms with Gasteiger partial charge in [-0.15, -0.1) is 11.3 Å². The van der Waals surface area contributed by atoms with Crippen LogP contribution in [0.15, 0.2) is 40.6 Å².